The van der Waals surface area contributed by atoms with Crippen LogP contribution >= 0.6 is 11.8 Å². The van der Waals surface area contributed by atoms with E-state index in [0.29, 0.717) is 24.4 Å². The van der Waals surface area contributed by atoms with Crippen LogP contribution in [-0.2, 0) is 20.6 Å². The molecule has 0 bridgehead atoms. The number of piperidine rings is 1. The van der Waals surface area contributed by atoms with Crippen LogP contribution in [0.5, 0.6) is 5.75 Å². The van der Waals surface area contributed by atoms with Gasteiger partial charge in [-0.1, -0.05) is 36.0 Å². The topological polar surface area (TPSA) is 78.9 Å². The Kier molecular flexibility index (Phi) is 7.49. The summed E-state index contributed by atoms with van der Waals surface area (Å²) in [6.45, 7) is 7.60. The second kappa shape index (κ2) is 10.2. The van der Waals surface area contributed by atoms with Gasteiger partial charge in [0.1, 0.15) is 5.75 Å². The molecule has 4 rings (SSSR count). The van der Waals surface area contributed by atoms with Crippen molar-refractivity contribution in [1.29, 1.82) is 0 Å². The van der Waals surface area contributed by atoms with E-state index in [9.17, 15) is 27.9 Å². The number of carbonyl (C=O) groups is 2. The van der Waals surface area contributed by atoms with Crippen LogP contribution in [0.2, 0.25) is 0 Å². The average molecular weight is 549 g/mol. The maximum atomic E-state index is 14.0. The van der Waals surface area contributed by atoms with Crippen LogP contribution < -0.4 is 10.1 Å². The number of aliphatic carboxylic acids is 1. The number of halogens is 3. The lowest BCUT2D eigenvalue weighted by Crippen LogP contribution is -2.53. The van der Waals surface area contributed by atoms with Crippen LogP contribution in [0.25, 0.3) is 0 Å². The quantitative estimate of drug-likeness (QED) is 0.460. The zero-order valence-electron chi connectivity index (χ0n) is 21.7. The van der Waals surface area contributed by atoms with Crippen LogP contribution in [0.1, 0.15) is 61.8 Å². The lowest BCUT2D eigenvalue weighted by Gasteiger charge is -2.39. The molecule has 1 unspecified atom stereocenters. The van der Waals surface area contributed by atoms with Gasteiger partial charge in [0.05, 0.1) is 5.56 Å². The second-order valence-corrected chi connectivity index (χ2v) is 11.4. The van der Waals surface area contributed by atoms with E-state index in [0.717, 1.165) is 41.8 Å². The Labute approximate surface area is 224 Å². The van der Waals surface area contributed by atoms with E-state index in [4.69, 9.17) is 4.74 Å². The third kappa shape index (κ3) is 5.50. The Bertz CT molecular complexity index is 1260. The van der Waals surface area contributed by atoms with Crippen molar-refractivity contribution in [2.24, 2.45) is 0 Å². The monoisotopic (exact) mass is 548 g/mol. The molecule has 0 spiro atoms. The van der Waals surface area contributed by atoms with Gasteiger partial charge in [0.15, 0.2) is 10.5 Å². The van der Waals surface area contributed by atoms with Gasteiger partial charge in [-0.05, 0) is 80.8 Å². The molecule has 6 nitrogen and oxygen atoms in total. The molecule has 2 N–H and O–H groups in total. The fraction of sp³-hybridized carbons (Fsp3) is 0.429. The molecule has 0 aromatic heterocycles. The highest BCUT2D eigenvalue weighted by molar-refractivity contribution is 8.04. The minimum atomic E-state index is -4.46. The summed E-state index contributed by atoms with van der Waals surface area (Å²) in [6, 6.07) is 10.4. The number of likely N-dealkylation sites (tertiary alicyclic amines) is 1. The lowest BCUT2D eigenvalue weighted by molar-refractivity contribution is -0.152. The molecular formula is C28H31F3N2O4S. The Morgan fingerprint density at radius 1 is 1.13 bits per heavy atom. The zero-order chi connectivity index (χ0) is 27.9. The third-order valence-electron chi connectivity index (χ3n) is 6.98. The number of nitrogens with one attached hydrogen (secondary N) is 1. The molecule has 0 radical (unpaired) electrons. The highest BCUT2D eigenvalue weighted by Gasteiger charge is 2.47. The summed E-state index contributed by atoms with van der Waals surface area (Å²) in [4.78, 5) is 26.1. The van der Waals surface area contributed by atoms with Gasteiger partial charge in [0, 0.05) is 24.7 Å². The van der Waals surface area contributed by atoms with Crippen LogP contribution in [0.4, 0.5) is 13.2 Å². The smallest absolute Gasteiger partial charge is 0.416 e. The van der Waals surface area contributed by atoms with Crippen molar-refractivity contribution in [3.63, 3.8) is 0 Å². The number of carboxylic acids is 1. The van der Waals surface area contributed by atoms with Gasteiger partial charge in [-0.3, -0.25) is 4.79 Å². The fourth-order valence-corrected chi connectivity index (χ4v) is 5.86. The first-order valence-corrected chi connectivity index (χ1v) is 13.2. The van der Waals surface area contributed by atoms with Crippen molar-refractivity contribution in [2.45, 2.75) is 63.1 Å². The van der Waals surface area contributed by atoms with Crippen LogP contribution in [0.15, 0.2) is 53.6 Å². The summed E-state index contributed by atoms with van der Waals surface area (Å²) < 4.78 is 45.3. The number of nitrogens with zero attached hydrogens (tertiary/aromatic N) is 1. The van der Waals surface area contributed by atoms with E-state index >= 15 is 0 Å². The largest absolute Gasteiger partial charge is 0.478 e. The molecule has 2 aliphatic rings. The molecule has 2 aromatic carbocycles. The Balaban J connectivity index is 1.59. The van der Waals surface area contributed by atoms with Crippen LogP contribution in [0, 0.1) is 6.92 Å². The first kappa shape index (κ1) is 27.9. The molecule has 1 saturated heterocycles. The summed E-state index contributed by atoms with van der Waals surface area (Å²) in [5, 5.41) is 14.5. The molecule has 204 valence electrons. The van der Waals surface area contributed by atoms with Crippen molar-refractivity contribution in [3.8, 4) is 5.75 Å². The van der Waals surface area contributed by atoms with Crippen molar-refractivity contribution in [3.05, 3.63) is 75.8 Å². The van der Waals surface area contributed by atoms with Crippen molar-refractivity contribution < 1.29 is 32.6 Å². The molecule has 2 heterocycles. The minimum absolute atomic E-state index is 0.00583. The first-order chi connectivity index (χ1) is 17.7. The normalized spacial score (nSPS) is 22.0. The first-order valence-electron chi connectivity index (χ1n) is 12.4. The second-order valence-electron chi connectivity index (χ2n) is 10.3. The number of ether oxygens (including phenoxy) is 1. The summed E-state index contributed by atoms with van der Waals surface area (Å²) in [7, 11) is 0. The van der Waals surface area contributed by atoms with Crippen LogP contribution in [0.3, 0.4) is 0 Å². The molecular weight excluding hydrogens is 517 g/mol. The molecule has 1 fully saturated rings. The number of carboxylic acid groups (broad SMARTS) is 1. The van der Waals surface area contributed by atoms with Crippen molar-refractivity contribution in [2.75, 3.05) is 13.1 Å². The van der Waals surface area contributed by atoms with E-state index in [2.05, 4.69) is 5.32 Å². The Morgan fingerprint density at radius 2 is 1.82 bits per heavy atom. The maximum Gasteiger partial charge on any atom is 0.416 e. The molecule has 0 aliphatic carbocycles. The van der Waals surface area contributed by atoms with Gasteiger partial charge in [-0.25, -0.2) is 4.79 Å². The minimum Gasteiger partial charge on any atom is -0.478 e. The van der Waals surface area contributed by atoms with E-state index in [1.165, 1.54) is 37.7 Å². The Hall–Kier alpha value is -3.14. The predicted molar refractivity (Wildman–Crippen MR) is 140 cm³/mol. The van der Waals surface area contributed by atoms with Gasteiger partial charge in [-0.2, -0.15) is 13.2 Å². The lowest BCUT2D eigenvalue weighted by atomic mass is 9.89. The van der Waals surface area contributed by atoms with Gasteiger partial charge in [0.2, 0.25) is 0 Å². The summed E-state index contributed by atoms with van der Waals surface area (Å²) in [5.74, 6) is -0.812. The summed E-state index contributed by atoms with van der Waals surface area (Å²) in [5.41, 5.74) is 0.798. The van der Waals surface area contributed by atoms with Crippen LogP contribution in [-0.4, -0.2) is 40.6 Å². The number of alkyl halides is 3. The van der Waals surface area contributed by atoms with Gasteiger partial charge >= 0.3 is 12.1 Å². The molecule has 2 atom stereocenters. The van der Waals surface area contributed by atoms with E-state index in [-0.39, 0.29) is 11.8 Å². The fourth-order valence-electron chi connectivity index (χ4n) is 4.73. The van der Waals surface area contributed by atoms with Gasteiger partial charge in [-0.15, -0.1) is 0 Å². The number of carbonyl (C=O) groups excluding carboxylic acids is 1. The number of benzene rings is 2. The summed E-state index contributed by atoms with van der Waals surface area (Å²) in [6.07, 6.45) is -2.88. The van der Waals surface area contributed by atoms with E-state index in [1.54, 1.807) is 4.90 Å². The Morgan fingerprint density at radius 3 is 2.39 bits per heavy atom. The number of rotatable bonds is 6. The van der Waals surface area contributed by atoms with E-state index < -0.39 is 28.2 Å². The standard InChI is InChI=1S/C28H31F3N2O4S/c1-17-7-8-19(14-23(17)37-26(3,4)25(35)36)20-6-5-13-33(15-20)24(34)27(32-18(2)16-38-27)21-9-11-22(12-10-21)28(29,30)31/h7-12,14,16,20,32H,5-6,13,15H2,1-4H3,(H,35,36)/t20-,27?/m1/s1. The van der Waals surface area contributed by atoms with Crippen molar-refractivity contribution in [1.82, 2.24) is 10.2 Å². The number of aryl methyl sites for hydroxylation is 1. The number of amides is 1. The molecule has 1 amide bonds. The zero-order valence-corrected chi connectivity index (χ0v) is 22.5. The van der Waals surface area contributed by atoms with Crippen molar-refractivity contribution >= 4 is 23.6 Å². The highest BCUT2D eigenvalue weighted by Crippen LogP contribution is 2.44. The van der Waals surface area contributed by atoms with E-state index in [1.807, 2.05) is 37.5 Å². The third-order valence-corrected chi connectivity index (χ3v) is 8.32. The summed E-state index contributed by atoms with van der Waals surface area (Å²) >= 11 is 1.26. The van der Waals surface area contributed by atoms with Gasteiger partial charge in [0.25, 0.3) is 5.91 Å². The maximum absolute atomic E-state index is 14.0. The number of thioether (sulfide) groups is 1. The SMILES string of the molecule is CC1=CSC(C(=O)N2CCC[C@@H](c3ccc(C)c(OC(C)(C)C(=O)O)c3)C2)(c2ccc(C(F)(F)F)cc2)N1. The number of allylic oxidation sites excluding steroid dienone is 1. The van der Waals surface area contributed by atoms with Gasteiger partial charge < -0.3 is 20.1 Å². The predicted octanol–water partition coefficient (Wildman–Crippen LogP) is 6.01. The average Bonchev–Trinajstić information content (AvgIpc) is 3.27. The molecule has 0 saturated carbocycles. The molecule has 10 heteroatoms. The highest BCUT2D eigenvalue weighted by atomic mass is 32.2. The molecule has 2 aliphatic heterocycles. The molecule has 2 aromatic rings. The molecule has 38 heavy (non-hydrogen) atoms. The number of hydrogen-bond acceptors (Lipinski definition) is 5. The number of hydrogen-bond donors (Lipinski definition) is 2.